The molecule has 0 saturated heterocycles. The highest BCUT2D eigenvalue weighted by atomic mass is 14.3. The summed E-state index contributed by atoms with van der Waals surface area (Å²) in [4.78, 5) is 0. The van der Waals surface area contributed by atoms with Crippen molar-refractivity contribution in [2.24, 2.45) is 23.7 Å². The van der Waals surface area contributed by atoms with Crippen LogP contribution in [0.25, 0.3) is 0 Å². The van der Waals surface area contributed by atoms with Crippen molar-refractivity contribution in [2.45, 2.75) is 85.5 Å². The summed E-state index contributed by atoms with van der Waals surface area (Å²) in [6.45, 7) is 4.62. The van der Waals surface area contributed by atoms with Gasteiger partial charge >= 0.3 is 0 Å². The fourth-order valence-electron chi connectivity index (χ4n) is 4.83. The van der Waals surface area contributed by atoms with Gasteiger partial charge in [-0.2, -0.15) is 0 Å². The predicted molar refractivity (Wildman–Crippen MR) is 107 cm³/mol. The number of rotatable bonds is 4. The third-order valence-electron chi connectivity index (χ3n) is 6.58. The van der Waals surface area contributed by atoms with Crippen molar-refractivity contribution in [3.8, 4) is 0 Å². The maximum absolute atomic E-state index is 2.44. The summed E-state index contributed by atoms with van der Waals surface area (Å²) in [6.07, 6.45) is 14.8. The van der Waals surface area contributed by atoms with E-state index in [1.807, 2.05) is 0 Å². The van der Waals surface area contributed by atoms with Crippen molar-refractivity contribution in [3.05, 3.63) is 35.4 Å². The standard InChI is InChI=1S/C22H34.CH4.2H2/c1-17-3-7-19(8-4-17)9-10-20-11-15-22(16-12-20)21-13-5-18(2)6-14-21;;;/h3-4,7-8,18,20-22H,5-6,9-16H2,1-2H3;1H4;2*1H. The lowest BCUT2D eigenvalue weighted by Crippen LogP contribution is -2.25. The minimum Gasteiger partial charge on any atom is -0.0776 e. The van der Waals surface area contributed by atoms with Gasteiger partial charge in [0.15, 0.2) is 0 Å². The van der Waals surface area contributed by atoms with Crippen molar-refractivity contribution >= 4 is 0 Å². The SMILES string of the molecule is C.Cc1ccc(CCC2CCC(C3CCC(C)CC3)CC2)cc1.[HH].[HH]. The Morgan fingerprint density at radius 3 is 1.91 bits per heavy atom. The lowest BCUT2D eigenvalue weighted by atomic mass is 9.69. The second-order valence-electron chi connectivity index (χ2n) is 8.33. The molecular formula is C23H42. The van der Waals surface area contributed by atoms with Gasteiger partial charge in [-0.25, -0.2) is 0 Å². The first-order chi connectivity index (χ1) is 10.7. The van der Waals surface area contributed by atoms with E-state index in [0.29, 0.717) is 0 Å². The molecule has 0 N–H and O–H groups in total. The molecule has 0 radical (unpaired) electrons. The summed E-state index contributed by atoms with van der Waals surface area (Å²) in [7, 11) is 0. The van der Waals surface area contributed by atoms with Gasteiger partial charge in [-0.15, -0.1) is 0 Å². The summed E-state index contributed by atoms with van der Waals surface area (Å²) in [5.41, 5.74) is 2.92. The van der Waals surface area contributed by atoms with Crippen molar-refractivity contribution in [3.63, 3.8) is 0 Å². The summed E-state index contributed by atoms with van der Waals surface area (Å²) in [5, 5.41) is 0. The lowest BCUT2D eigenvalue weighted by Gasteiger charge is -2.37. The first-order valence-corrected chi connectivity index (χ1v) is 9.76. The molecule has 2 fully saturated rings. The van der Waals surface area contributed by atoms with Crippen molar-refractivity contribution < 1.29 is 2.85 Å². The lowest BCUT2D eigenvalue weighted by molar-refractivity contribution is 0.148. The number of benzene rings is 1. The molecule has 0 spiro atoms. The molecule has 2 aliphatic carbocycles. The molecule has 134 valence electrons. The number of hydrogen-bond acceptors (Lipinski definition) is 0. The van der Waals surface area contributed by atoms with Gasteiger partial charge in [0.2, 0.25) is 0 Å². The van der Waals surface area contributed by atoms with Crippen LogP contribution in [0, 0.1) is 30.6 Å². The van der Waals surface area contributed by atoms with Crippen LogP contribution in [0.15, 0.2) is 24.3 Å². The molecule has 0 amide bonds. The van der Waals surface area contributed by atoms with Crippen LogP contribution in [0.2, 0.25) is 0 Å². The van der Waals surface area contributed by atoms with Crippen LogP contribution in [0.5, 0.6) is 0 Å². The van der Waals surface area contributed by atoms with Crippen molar-refractivity contribution in [2.75, 3.05) is 0 Å². The number of hydrogen-bond donors (Lipinski definition) is 0. The van der Waals surface area contributed by atoms with Crippen LogP contribution >= 0.6 is 0 Å². The van der Waals surface area contributed by atoms with Gasteiger partial charge < -0.3 is 0 Å². The Bertz CT molecular complexity index is 438. The highest BCUT2D eigenvalue weighted by molar-refractivity contribution is 5.21. The normalized spacial score (nSPS) is 31.4. The molecule has 2 saturated carbocycles. The molecule has 0 atom stereocenters. The zero-order valence-electron chi connectivity index (χ0n) is 14.7. The van der Waals surface area contributed by atoms with E-state index < -0.39 is 0 Å². The molecule has 1 aromatic rings. The van der Waals surface area contributed by atoms with Crippen LogP contribution in [-0.4, -0.2) is 0 Å². The highest BCUT2D eigenvalue weighted by Gasteiger charge is 2.29. The van der Waals surface area contributed by atoms with Gasteiger partial charge in [-0.05, 0) is 74.7 Å². The molecule has 2 aliphatic rings. The first-order valence-electron chi connectivity index (χ1n) is 9.76. The molecule has 0 unspecified atom stereocenters. The summed E-state index contributed by atoms with van der Waals surface area (Å²) >= 11 is 0. The zero-order valence-corrected chi connectivity index (χ0v) is 14.7. The van der Waals surface area contributed by atoms with Crippen molar-refractivity contribution in [1.29, 1.82) is 0 Å². The second-order valence-corrected chi connectivity index (χ2v) is 8.33. The molecule has 3 rings (SSSR count). The quantitative estimate of drug-likeness (QED) is 0.533. The Hall–Kier alpha value is -0.780. The minimum atomic E-state index is 0. The number of aryl methyl sites for hydroxylation is 2. The Labute approximate surface area is 148 Å². The third kappa shape index (κ3) is 5.37. The fraction of sp³-hybridized carbons (Fsp3) is 0.739. The minimum absolute atomic E-state index is 0. The van der Waals surface area contributed by atoms with Crippen LogP contribution in [0.1, 0.15) is 86.1 Å². The Kier molecular flexibility index (Phi) is 7.18. The maximum atomic E-state index is 2.44. The molecule has 0 aliphatic heterocycles. The van der Waals surface area contributed by atoms with E-state index in [2.05, 4.69) is 38.1 Å². The van der Waals surface area contributed by atoms with Gasteiger partial charge in [0.1, 0.15) is 0 Å². The average molecular weight is 319 g/mol. The molecule has 0 heterocycles. The van der Waals surface area contributed by atoms with Crippen LogP contribution < -0.4 is 0 Å². The molecule has 1 aromatic carbocycles. The molecule has 0 aromatic heterocycles. The van der Waals surface area contributed by atoms with E-state index >= 15 is 0 Å². The second kappa shape index (κ2) is 8.90. The summed E-state index contributed by atoms with van der Waals surface area (Å²) in [6, 6.07) is 9.17. The van der Waals surface area contributed by atoms with Gasteiger partial charge in [0.05, 0.1) is 0 Å². The first kappa shape index (κ1) is 18.6. The predicted octanol–water partition coefficient (Wildman–Crippen LogP) is 7.69. The van der Waals surface area contributed by atoms with E-state index in [1.54, 1.807) is 0 Å². The zero-order chi connectivity index (χ0) is 15.4. The van der Waals surface area contributed by atoms with E-state index in [0.717, 1.165) is 23.7 Å². The van der Waals surface area contributed by atoms with E-state index in [4.69, 9.17) is 0 Å². The van der Waals surface area contributed by atoms with E-state index in [9.17, 15) is 0 Å². The smallest absolute Gasteiger partial charge is 0 e. The Balaban J connectivity index is 0.00000192. The van der Waals surface area contributed by atoms with Gasteiger partial charge in [0, 0.05) is 2.85 Å². The van der Waals surface area contributed by atoms with Crippen LogP contribution in [0.3, 0.4) is 0 Å². The summed E-state index contributed by atoms with van der Waals surface area (Å²) < 4.78 is 0. The van der Waals surface area contributed by atoms with Gasteiger partial charge in [-0.3, -0.25) is 0 Å². The van der Waals surface area contributed by atoms with Gasteiger partial charge in [-0.1, -0.05) is 69.9 Å². The molecule has 23 heavy (non-hydrogen) atoms. The third-order valence-corrected chi connectivity index (χ3v) is 6.58. The highest BCUT2D eigenvalue weighted by Crippen LogP contribution is 2.42. The van der Waals surface area contributed by atoms with Gasteiger partial charge in [0.25, 0.3) is 0 Å². The molecule has 0 heteroatoms. The molecule has 0 bridgehead atoms. The maximum Gasteiger partial charge on any atom is 0 e. The molecule has 0 nitrogen and oxygen atoms in total. The van der Waals surface area contributed by atoms with Crippen LogP contribution in [0.4, 0.5) is 0 Å². The monoisotopic (exact) mass is 318 g/mol. The summed E-state index contributed by atoms with van der Waals surface area (Å²) in [5.74, 6) is 4.15. The Morgan fingerprint density at radius 2 is 1.35 bits per heavy atom. The average Bonchev–Trinajstić information content (AvgIpc) is 2.56. The van der Waals surface area contributed by atoms with Crippen LogP contribution in [-0.2, 0) is 6.42 Å². The molecular weight excluding hydrogens is 276 g/mol. The van der Waals surface area contributed by atoms with Crippen molar-refractivity contribution in [1.82, 2.24) is 0 Å². The van der Waals surface area contributed by atoms with E-state index in [-0.39, 0.29) is 10.3 Å². The fourth-order valence-corrected chi connectivity index (χ4v) is 4.83. The Morgan fingerprint density at radius 1 is 0.826 bits per heavy atom. The topological polar surface area (TPSA) is 0 Å². The largest absolute Gasteiger partial charge is 0.0776 e. The van der Waals surface area contributed by atoms with E-state index in [1.165, 1.54) is 75.3 Å².